The van der Waals surface area contributed by atoms with Crippen molar-refractivity contribution in [2.45, 2.75) is 40.7 Å². The lowest BCUT2D eigenvalue weighted by atomic mass is 9.87. The molecule has 1 atom stereocenters. The second kappa shape index (κ2) is 5.28. The monoisotopic (exact) mass is 284 g/mol. The number of Topliss-reactive ketones (excluding diaryl/α,β-unsaturated/α-hetero) is 1. The van der Waals surface area contributed by atoms with Crippen molar-refractivity contribution in [1.82, 2.24) is 4.98 Å². The number of hydrogen-bond donors (Lipinski definition) is 1. The molecule has 19 heavy (non-hydrogen) atoms. The predicted octanol–water partition coefficient (Wildman–Crippen LogP) is 2.91. The van der Waals surface area contributed by atoms with Gasteiger partial charge in [-0.15, -0.1) is 0 Å². The molecule has 0 bridgehead atoms. The number of carbonyl (C=O) groups excluding carboxylic acids is 1. The number of carboxylic acid groups (broad SMARTS) is 1. The van der Waals surface area contributed by atoms with E-state index >= 15 is 0 Å². The van der Waals surface area contributed by atoms with Gasteiger partial charge in [0.25, 0.3) is 0 Å². The van der Waals surface area contributed by atoms with Gasteiger partial charge in [0.05, 0.1) is 0 Å². The Morgan fingerprint density at radius 2 is 1.89 bits per heavy atom. The maximum absolute atomic E-state index is 11.5. The third-order valence-corrected chi connectivity index (χ3v) is 4.52. The van der Waals surface area contributed by atoms with Crippen molar-refractivity contribution >= 4 is 28.2 Å². The van der Waals surface area contributed by atoms with Crippen molar-refractivity contribution in [2.75, 3.05) is 11.9 Å². The summed E-state index contributed by atoms with van der Waals surface area (Å²) in [6.45, 7) is 9.72. The number of ketones is 1. The zero-order valence-corrected chi connectivity index (χ0v) is 13.0. The van der Waals surface area contributed by atoms with Crippen LogP contribution in [0, 0.1) is 5.41 Å². The Hall–Kier alpha value is -1.43. The first-order valence-electron chi connectivity index (χ1n) is 6.03. The zero-order chi connectivity index (χ0) is 15.0. The van der Waals surface area contributed by atoms with Gasteiger partial charge in [-0.1, -0.05) is 32.1 Å². The summed E-state index contributed by atoms with van der Waals surface area (Å²) in [5, 5.41) is 9.64. The summed E-state index contributed by atoms with van der Waals surface area (Å²) >= 11 is 1.13. The number of hydrogen-bond acceptors (Lipinski definition) is 5. The summed E-state index contributed by atoms with van der Waals surface area (Å²) in [5.41, 5.74) is -0.124. The molecule has 1 unspecified atom stereocenters. The van der Waals surface area contributed by atoms with Crippen molar-refractivity contribution in [3.63, 3.8) is 0 Å². The number of carbonyl (C=O) groups is 2. The molecule has 1 heterocycles. The Kier molecular flexibility index (Phi) is 4.35. The van der Waals surface area contributed by atoms with Crippen molar-refractivity contribution in [3.05, 3.63) is 10.6 Å². The summed E-state index contributed by atoms with van der Waals surface area (Å²) in [5.74, 6) is -1.43. The zero-order valence-electron chi connectivity index (χ0n) is 12.1. The van der Waals surface area contributed by atoms with Gasteiger partial charge in [-0.3, -0.25) is 4.79 Å². The molecule has 1 rings (SSSR count). The van der Waals surface area contributed by atoms with Gasteiger partial charge in [-0.2, -0.15) is 0 Å². The summed E-state index contributed by atoms with van der Waals surface area (Å²) in [6.07, 6.45) is 0. The first-order chi connectivity index (χ1) is 8.55. The lowest BCUT2D eigenvalue weighted by Gasteiger charge is -2.35. The third-order valence-electron chi connectivity index (χ3n) is 3.27. The van der Waals surface area contributed by atoms with Crippen molar-refractivity contribution in [1.29, 1.82) is 0 Å². The summed E-state index contributed by atoms with van der Waals surface area (Å²) in [4.78, 5) is 28.8. The van der Waals surface area contributed by atoms with Crippen molar-refractivity contribution < 1.29 is 14.7 Å². The fraction of sp³-hybridized carbons (Fsp3) is 0.615. The number of aromatic nitrogens is 1. The van der Waals surface area contributed by atoms with Crippen LogP contribution in [0.15, 0.2) is 0 Å². The second-order valence-corrected chi connectivity index (χ2v) is 6.67. The Labute approximate surface area is 117 Å². The normalized spacial score (nSPS) is 13.2. The second-order valence-electron chi connectivity index (χ2n) is 5.69. The highest BCUT2D eigenvalue weighted by Gasteiger charge is 2.28. The number of rotatable bonds is 4. The first-order valence-corrected chi connectivity index (χ1v) is 6.85. The molecule has 0 aliphatic carbocycles. The highest BCUT2D eigenvalue weighted by atomic mass is 32.1. The van der Waals surface area contributed by atoms with E-state index < -0.39 is 5.97 Å². The van der Waals surface area contributed by atoms with E-state index in [0.29, 0.717) is 5.13 Å². The summed E-state index contributed by atoms with van der Waals surface area (Å²) in [6, 6.07) is 0.167. The van der Waals surface area contributed by atoms with E-state index in [2.05, 4.69) is 32.7 Å². The van der Waals surface area contributed by atoms with E-state index in [1.165, 1.54) is 6.92 Å². The molecule has 0 aromatic carbocycles. The number of nitrogens with zero attached hydrogens (tertiary/aromatic N) is 2. The van der Waals surface area contributed by atoms with Crippen LogP contribution in [0.5, 0.6) is 0 Å². The maximum atomic E-state index is 11.5. The number of thiazole rings is 1. The van der Waals surface area contributed by atoms with Gasteiger partial charge in [0.2, 0.25) is 0 Å². The van der Waals surface area contributed by atoms with Crippen LogP contribution < -0.4 is 4.90 Å². The van der Waals surface area contributed by atoms with Crippen LogP contribution >= 0.6 is 11.3 Å². The smallest absolute Gasteiger partial charge is 0.356 e. The van der Waals surface area contributed by atoms with E-state index in [4.69, 9.17) is 5.11 Å². The summed E-state index contributed by atoms with van der Waals surface area (Å²) in [7, 11) is 1.87. The van der Waals surface area contributed by atoms with Crippen molar-refractivity contribution in [2.24, 2.45) is 5.41 Å². The first kappa shape index (κ1) is 15.6. The topological polar surface area (TPSA) is 70.5 Å². The molecule has 0 amide bonds. The van der Waals surface area contributed by atoms with Crippen LogP contribution in [0.2, 0.25) is 0 Å². The van der Waals surface area contributed by atoms with Crippen molar-refractivity contribution in [3.8, 4) is 0 Å². The molecular weight excluding hydrogens is 264 g/mol. The van der Waals surface area contributed by atoms with E-state index in [0.717, 1.165) is 11.3 Å². The van der Waals surface area contributed by atoms with Gasteiger partial charge in [-0.25, -0.2) is 9.78 Å². The quantitative estimate of drug-likeness (QED) is 0.861. The minimum atomic E-state index is -1.16. The Morgan fingerprint density at radius 1 is 1.37 bits per heavy atom. The lowest BCUT2D eigenvalue weighted by molar-refractivity contribution is 0.0687. The van der Waals surface area contributed by atoms with Gasteiger partial charge >= 0.3 is 5.97 Å². The molecule has 1 aromatic rings. The standard InChI is InChI=1S/C13H20N2O3S/c1-7(16)10-9(11(17)18)14-12(19-10)15(6)8(2)13(3,4)5/h8H,1-6H3,(H,17,18). The molecule has 6 heteroatoms. The molecule has 0 saturated carbocycles. The predicted molar refractivity (Wildman–Crippen MR) is 76.4 cm³/mol. The largest absolute Gasteiger partial charge is 0.476 e. The van der Waals surface area contributed by atoms with E-state index in [1.54, 1.807) is 0 Å². The fourth-order valence-electron chi connectivity index (χ4n) is 1.59. The Morgan fingerprint density at radius 3 is 2.21 bits per heavy atom. The molecule has 0 radical (unpaired) electrons. The number of anilines is 1. The molecule has 1 aromatic heterocycles. The van der Waals surface area contributed by atoms with Gasteiger partial charge in [0.1, 0.15) is 4.88 Å². The average molecular weight is 284 g/mol. The minimum Gasteiger partial charge on any atom is -0.476 e. The van der Waals surface area contributed by atoms with Gasteiger partial charge in [-0.05, 0) is 12.3 Å². The molecule has 106 valence electrons. The van der Waals surface area contributed by atoms with Gasteiger partial charge < -0.3 is 10.0 Å². The molecule has 0 aliphatic rings. The molecule has 5 nitrogen and oxygen atoms in total. The van der Waals surface area contributed by atoms with Crippen LogP contribution in [0.4, 0.5) is 5.13 Å². The van der Waals surface area contributed by atoms with Crippen LogP contribution in [0.25, 0.3) is 0 Å². The molecule has 0 fully saturated rings. The lowest BCUT2D eigenvalue weighted by Crippen LogP contribution is -2.39. The molecule has 1 N–H and O–H groups in total. The molecular formula is C13H20N2O3S. The van der Waals surface area contributed by atoms with E-state index in [-0.39, 0.29) is 27.8 Å². The van der Waals surface area contributed by atoms with Gasteiger partial charge in [0.15, 0.2) is 16.6 Å². The Balaban J connectivity index is 3.19. The van der Waals surface area contributed by atoms with Crippen LogP contribution in [0.3, 0.4) is 0 Å². The molecule has 0 saturated heterocycles. The highest BCUT2D eigenvalue weighted by Crippen LogP contribution is 2.32. The maximum Gasteiger partial charge on any atom is 0.356 e. The van der Waals surface area contributed by atoms with Crippen LogP contribution in [0.1, 0.15) is 54.8 Å². The van der Waals surface area contributed by atoms with Gasteiger partial charge in [0, 0.05) is 20.0 Å². The average Bonchev–Trinajstić information content (AvgIpc) is 2.70. The molecule has 0 spiro atoms. The highest BCUT2D eigenvalue weighted by molar-refractivity contribution is 7.17. The fourth-order valence-corrected chi connectivity index (χ4v) is 2.58. The number of carboxylic acids is 1. The Bertz CT molecular complexity index is 471. The number of aromatic carboxylic acids is 1. The van der Waals surface area contributed by atoms with E-state index in [1.807, 2.05) is 11.9 Å². The SMILES string of the molecule is CC(=O)c1sc(N(C)C(C)C(C)(C)C)nc1C(=O)O. The third kappa shape index (κ3) is 3.32. The minimum absolute atomic E-state index is 0.0280. The molecule has 0 aliphatic heterocycles. The summed E-state index contributed by atoms with van der Waals surface area (Å²) < 4.78 is 0. The van der Waals surface area contributed by atoms with E-state index in [9.17, 15) is 9.59 Å². The van der Waals surface area contributed by atoms with Crippen LogP contribution in [-0.2, 0) is 0 Å². The van der Waals surface area contributed by atoms with Crippen LogP contribution in [-0.4, -0.2) is 34.9 Å².